The third-order valence-corrected chi connectivity index (χ3v) is 3.58. The third kappa shape index (κ3) is 5.48. The maximum atomic E-state index is 12.4. The molecule has 0 saturated heterocycles. The molecule has 1 aliphatic carbocycles. The Bertz CT molecular complexity index is 650. The molecule has 1 aromatic carbocycles. The smallest absolute Gasteiger partial charge is 0.317 e. The van der Waals surface area contributed by atoms with Gasteiger partial charge in [0.1, 0.15) is 0 Å². The van der Waals surface area contributed by atoms with E-state index in [0.29, 0.717) is 5.56 Å². The van der Waals surface area contributed by atoms with Crippen molar-refractivity contribution in [2.75, 3.05) is 5.32 Å². The minimum absolute atomic E-state index is 0.0776. The number of halogens is 3. The highest BCUT2D eigenvalue weighted by Gasteiger charge is 2.38. The summed E-state index contributed by atoms with van der Waals surface area (Å²) in [5.74, 6) is 3.94. The van der Waals surface area contributed by atoms with Gasteiger partial charge in [-0.1, -0.05) is 42.9 Å². The van der Waals surface area contributed by atoms with Crippen LogP contribution in [0.1, 0.15) is 44.1 Å². The maximum absolute atomic E-state index is 12.4. The van der Waals surface area contributed by atoms with E-state index in [1.807, 2.05) is 5.32 Å². The number of carbonyl (C=O) groups excluding carboxylic acids is 1. The zero-order valence-corrected chi connectivity index (χ0v) is 12.7. The highest BCUT2D eigenvalue weighted by molar-refractivity contribution is 5.96. The van der Waals surface area contributed by atoms with Crippen LogP contribution >= 0.6 is 0 Å². The van der Waals surface area contributed by atoms with Crippen molar-refractivity contribution in [3.63, 3.8) is 0 Å². The molecule has 1 aliphatic rings. The Hall–Kier alpha value is -2.22. The van der Waals surface area contributed by atoms with E-state index in [1.54, 1.807) is 18.2 Å². The van der Waals surface area contributed by atoms with Crippen LogP contribution in [0, 0.1) is 11.8 Å². The standard InChI is InChI=1S/C18H18F3NO/c19-18(20,21)17(23)22-16-11-7-6-10-15(16)13-12-14-8-4-2-1-3-5-9-14/h6-8,10-11H,1-5,9H2,(H,22,23)/b14-8+. The Morgan fingerprint density at radius 3 is 2.57 bits per heavy atom. The number of nitrogens with one attached hydrogen (secondary N) is 1. The number of amides is 1. The molecule has 0 atom stereocenters. The molecule has 0 fully saturated rings. The van der Waals surface area contributed by atoms with Crippen LogP contribution in [0.15, 0.2) is 35.9 Å². The molecule has 0 aromatic heterocycles. The number of hydrogen-bond donors (Lipinski definition) is 1. The van der Waals surface area contributed by atoms with E-state index in [2.05, 4.69) is 17.9 Å². The summed E-state index contributed by atoms with van der Waals surface area (Å²) < 4.78 is 37.1. The Balaban J connectivity index is 2.18. The summed E-state index contributed by atoms with van der Waals surface area (Å²) in [6, 6.07) is 6.26. The minimum Gasteiger partial charge on any atom is -0.317 e. The van der Waals surface area contributed by atoms with Crippen molar-refractivity contribution in [3.8, 4) is 11.8 Å². The zero-order valence-electron chi connectivity index (χ0n) is 12.7. The summed E-state index contributed by atoms with van der Waals surface area (Å²) >= 11 is 0. The molecule has 2 rings (SSSR count). The van der Waals surface area contributed by atoms with Gasteiger partial charge in [-0.2, -0.15) is 13.2 Å². The van der Waals surface area contributed by atoms with Gasteiger partial charge < -0.3 is 5.32 Å². The van der Waals surface area contributed by atoms with Crippen LogP contribution < -0.4 is 5.32 Å². The SMILES string of the molecule is O=C(Nc1ccccc1C#C/C1=C/CCCCCC1)C(F)(F)F. The molecule has 1 amide bonds. The summed E-state index contributed by atoms with van der Waals surface area (Å²) in [4.78, 5) is 11.1. The summed E-state index contributed by atoms with van der Waals surface area (Å²) in [6.07, 6.45) is 3.68. The lowest BCUT2D eigenvalue weighted by molar-refractivity contribution is -0.167. The number of hydrogen-bond acceptors (Lipinski definition) is 1. The Labute approximate surface area is 133 Å². The Kier molecular flexibility index (Phi) is 5.86. The fraction of sp³-hybridized carbons (Fsp3) is 0.389. The molecule has 0 aliphatic heterocycles. The van der Waals surface area contributed by atoms with E-state index >= 15 is 0 Å². The quantitative estimate of drug-likeness (QED) is 0.738. The first kappa shape index (κ1) is 17.1. The lowest BCUT2D eigenvalue weighted by atomic mass is 10.00. The second-order valence-electron chi connectivity index (χ2n) is 5.43. The first-order valence-electron chi connectivity index (χ1n) is 7.65. The van der Waals surface area contributed by atoms with Gasteiger partial charge in [0.15, 0.2) is 0 Å². The topological polar surface area (TPSA) is 29.1 Å². The van der Waals surface area contributed by atoms with Crippen LogP contribution in [0.4, 0.5) is 18.9 Å². The predicted octanol–water partition coefficient (Wildman–Crippen LogP) is 4.82. The van der Waals surface area contributed by atoms with Crippen LogP contribution in [0.3, 0.4) is 0 Å². The molecule has 5 heteroatoms. The molecular weight excluding hydrogens is 303 g/mol. The van der Waals surface area contributed by atoms with Crippen LogP contribution in [0.25, 0.3) is 0 Å². The van der Waals surface area contributed by atoms with E-state index in [-0.39, 0.29) is 5.69 Å². The number of rotatable bonds is 1. The second kappa shape index (κ2) is 7.87. The first-order valence-corrected chi connectivity index (χ1v) is 7.65. The summed E-state index contributed by atoms with van der Waals surface area (Å²) in [5.41, 5.74) is 1.48. The molecule has 23 heavy (non-hydrogen) atoms. The van der Waals surface area contributed by atoms with Crippen molar-refractivity contribution in [2.45, 2.75) is 44.7 Å². The van der Waals surface area contributed by atoms with Gasteiger partial charge in [-0.15, -0.1) is 0 Å². The van der Waals surface area contributed by atoms with Crippen LogP contribution in [-0.2, 0) is 4.79 Å². The fourth-order valence-electron chi connectivity index (χ4n) is 2.35. The molecular formula is C18H18F3NO. The normalized spacial score (nSPS) is 17.8. The molecule has 0 heterocycles. The molecule has 2 nitrogen and oxygen atoms in total. The van der Waals surface area contributed by atoms with Crippen molar-refractivity contribution in [3.05, 3.63) is 41.5 Å². The molecule has 0 spiro atoms. The summed E-state index contributed by atoms with van der Waals surface area (Å²) in [7, 11) is 0. The van der Waals surface area contributed by atoms with Gasteiger partial charge >= 0.3 is 12.1 Å². The number of allylic oxidation sites excluding steroid dienone is 2. The number of para-hydroxylation sites is 1. The van der Waals surface area contributed by atoms with E-state index < -0.39 is 12.1 Å². The first-order chi connectivity index (χ1) is 11.0. The minimum atomic E-state index is -4.91. The molecule has 1 aromatic rings. The van der Waals surface area contributed by atoms with E-state index in [1.165, 1.54) is 18.9 Å². The zero-order chi connectivity index (χ0) is 16.7. The molecule has 122 valence electrons. The highest BCUT2D eigenvalue weighted by atomic mass is 19.4. The molecule has 1 N–H and O–H groups in total. The van der Waals surface area contributed by atoms with E-state index in [9.17, 15) is 18.0 Å². The number of benzene rings is 1. The lowest BCUT2D eigenvalue weighted by Crippen LogP contribution is -2.30. The van der Waals surface area contributed by atoms with Gasteiger partial charge in [-0.3, -0.25) is 4.79 Å². The molecule has 0 bridgehead atoms. The van der Waals surface area contributed by atoms with Gasteiger partial charge in [0, 0.05) is 5.56 Å². The number of anilines is 1. The van der Waals surface area contributed by atoms with Gasteiger partial charge in [0.2, 0.25) is 0 Å². The van der Waals surface area contributed by atoms with Crippen molar-refractivity contribution in [1.29, 1.82) is 0 Å². The number of alkyl halides is 3. The van der Waals surface area contributed by atoms with Crippen LogP contribution in [0.2, 0.25) is 0 Å². The van der Waals surface area contributed by atoms with Gasteiger partial charge in [0.25, 0.3) is 0 Å². The van der Waals surface area contributed by atoms with Crippen molar-refractivity contribution in [2.24, 2.45) is 0 Å². The predicted molar refractivity (Wildman–Crippen MR) is 83.8 cm³/mol. The van der Waals surface area contributed by atoms with E-state index in [4.69, 9.17) is 0 Å². The van der Waals surface area contributed by atoms with Crippen molar-refractivity contribution in [1.82, 2.24) is 0 Å². The average Bonchev–Trinajstić information content (AvgIpc) is 2.46. The lowest BCUT2D eigenvalue weighted by Gasteiger charge is -2.09. The second-order valence-corrected chi connectivity index (χ2v) is 5.43. The van der Waals surface area contributed by atoms with Crippen LogP contribution in [-0.4, -0.2) is 12.1 Å². The van der Waals surface area contributed by atoms with Crippen molar-refractivity contribution < 1.29 is 18.0 Å². The van der Waals surface area contributed by atoms with Crippen LogP contribution in [0.5, 0.6) is 0 Å². The van der Waals surface area contributed by atoms with Crippen molar-refractivity contribution >= 4 is 11.6 Å². The Morgan fingerprint density at radius 1 is 1.04 bits per heavy atom. The summed E-state index contributed by atoms with van der Waals surface area (Å²) in [5, 5.41) is 1.87. The summed E-state index contributed by atoms with van der Waals surface area (Å²) in [6.45, 7) is 0. The largest absolute Gasteiger partial charge is 0.471 e. The average molecular weight is 321 g/mol. The maximum Gasteiger partial charge on any atom is 0.471 e. The highest BCUT2D eigenvalue weighted by Crippen LogP contribution is 2.21. The van der Waals surface area contributed by atoms with Gasteiger partial charge in [-0.05, 0) is 43.4 Å². The molecule has 0 unspecified atom stereocenters. The third-order valence-electron chi connectivity index (χ3n) is 3.58. The monoisotopic (exact) mass is 321 g/mol. The molecule has 0 radical (unpaired) electrons. The fourth-order valence-corrected chi connectivity index (χ4v) is 2.35. The van der Waals surface area contributed by atoms with Gasteiger partial charge in [0.05, 0.1) is 5.69 Å². The van der Waals surface area contributed by atoms with E-state index in [0.717, 1.165) is 31.3 Å². The Morgan fingerprint density at radius 2 is 1.78 bits per heavy atom. The number of carbonyl (C=O) groups is 1. The molecule has 0 saturated carbocycles. The van der Waals surface area contributed by atoms with Gasteiger partial charge in [-0.25, -0.2) is 0 Å².